The molecule has 0 aliphatic carbocycles. The van der Waals surface area contributed by atoms with Crippen molar-refractivity contribution in [2.75, 3.05) is 6.61 Å². The van der Waals surface area contributed by atoms with Gasteiger partial charge in [0, 0.05) is 0 Å². The van der Waals surface area contributed by atoms with Crippen LogP contribution in [0, 0.1) is 0 Å². The highest BCUT2D eigenvalue weighted by molar-refractivity contribution is 5.77. The Morgan fingerprint density at radius 3 is 2.21 bits per heavy atom. The molecule has 0 atom stereocenters. The number of unbranched alkanes of at least 4 members (excludes halogenated alkanes) is 10. The van der Waals surface area contributed by atoms with Crippen LogP contribution in [0.1, 0.15) is 96.5 Å². The largest absolute Gasteiger partial charge is 0.450 e. The number of hydrogen-bond donors (Lipinski definition) is 0. The molecule has 0 saturated heterocycles. The van der Waals surface area contributed by atoms with Gasteiger partial charge in [-0.25, -0.2) is 4.79 Å². The molecule has 1 aromatic heterocycles. The number of aryl methyl sites for hydroxylation is 1. The fraction of sp³-hybridized carbons (Fsp3) is 0.667. The third-order valence-corrected chi connectivity index (χ3v) is 5.22. The molecule has 2 rings (SSSR count). The smallest absolute Gasteiger partial charge is 0.397 e. The molecule has 28 heavy (non-hydrogen) atoms. The van der Waals surface area contributed by atoms with Crippen LogP contribution in [-0.2, 0) is 6.42 Å². The third kappa shape index (κ3) is 8.04. The van der Waals surface area contributed by atoms with E-state index in [0.717, 1.165) is 25.7 Å². The van der Waals surface area contributed by atoms with Gasteiger partial charge >= 0.3 is 11.7 Å². The monoisotopic (exact) mass is 387 g/mol. The zero-order valence-corrected chi connectivity index (χ0v) is 17.8. The lowest BCUT2D eigenvalue weighted by atomic mass is 10.0. The summed E-state index contributed by atoms with van der Waals surface area (Å²) in [6.45, 7) is 5.00. The SMILES string of the molecule is CCCCCCCCOc1nc2ccc(CCCCCCCC)cc2c(=O)o1. The number of rotatable bonds is 15. The van der Waals surface area contributed by atoms with Gasteiger partial charge in [-0.3, -0.25) is 0 Å². The topological polar surface area (TPSA) is 52.3 Å². The van der Waals surface area contributed by atoms with Crippen molar-refractivity contribution >= 4 is 10.9 Å². The van der Waals surface area contributed by atoms with E-state index in [2.05, 4.69) is 24.9 Å². The van der Waals surface area contributed by atoms with Gasteiger partial charge in [-0.2, -0.15) is 4.98 Å². The van der Waals surface area contributed by atoms with E-state index in [0.29, 0.717) is 17.5 Å². The summed E-state index contributed by atoms with van der Waals surface area (Å²) in [6, 6.07) is 5.91. The van der Waals surface area contributed by atoms with E-state index in [4.69, 9.17) is 9.15 Å². The molecule has 1 heterocycles. The molecule has 0 N–H and O–H groups in total. The van der Waals surface area contributed by atoms with E-state index < -0.39 is 0 Å². The molecule has 0 saturated carbocycles. The molecule has 4 nitrogen and oxygen atoms in total. The van der Waals surface area contributed by atoms with Crippen molar-refractivity contribution in [2.45, 2.75) is 97.3 Å². The molecule has 0 bridgehead atoms. The number of ether oxygens (including phenoxy) is 1. The highest BCUT2D eigenvalue weighted by Gasteiger charge is 2.08. The van der Waals surface area contributed by atoms with Crippen molar-refractivity contribution in [3.63, 3.8) is 0 Å². The Kier molecular flexibility index (Phi) is 10.7. The van der Waals surface area contributed by atoms with Crippen molar-refractivity contribution in [2.24, 2.45) is 0 Å². The van der Waals surface area contributed by atoms with E-state index in [9.17, 15) is 4.79 Å². The molecule has 0 aliphatic rings. The molecule has 0 radical (unpaired) electrons. The predicted molar refractivity (Wildman–Crippen MR) is 116 cm³/mol. The van der Waals surface area contributed by atoms with Crippen molar-refractivity contribution < 1.29 is 9.15 Å². The zero-order valence-electron chi connectivity index (χ0n) is 17.8. The van der Waals surface area contributed by atoms with Gasteiger partial charge in [0.1, 0.15) is 0 Å². The molecular weight excluding hydrogens is 350 g/mol. The first-order valence-corrected chi connectivity index (χ1v) is 11.3. The van der Waals surface area contributed by atoms with Crippen LogP contribution in [-0.4, -0.2) is 11.6 Å². The lowest BCUT2D eigenvalue weighted by Gasteiger charge is -2.06. The maximum Gasteiger partial charge on any atom is 0.397 e. The fourth-order valence-corrected chi connectivity index (χ4v) is 3.47. The van der Waals surface area contributed by atoms with Crippen LogP contribution in [0.4, 0.5) is 0 Å². The molecule has 4 heteroatoms. The van der Waals surface area contributed by atoms with E-state index in [1.807, 2.05) is 12.1 Å². The molecular formula is C24H37NO3. The second-order valence-corrected chi connectivity index (χ2v) is 7.75. The van der Waals surface area contributed by atoms with E-state index in [-0.39, 0.29) is 11.7 Å². The second-order valence-electron chi connectivity index (χ2n) is 7.75. The summed E-state index contributed by atoms with van der Waals surface area (Å²) >= 11 is 0. The standard InChI is InChI=1S/C24H37NO3/c1-3-5-7-9-11-13-15-20-16-17-22-21(19-20)23(26)28-24(25-22)27-18-14-12-10-8-6-4-2/h16-17,19H,3-15,18H2,1-2H3. The Labute approximate surface area is 169 Å². The highest BCUT2D eigenvalue weighted by atomic mass is 16.6. The Morgan fingerprint density at radius 2 is 1.50 bits per heavy atom. The summed E-state index contributed by atoms with van der Waals surface area (Å²) in [5, 5.41) is 0.551. The molecule has 2 aromatic rings. The van der Waals surface area contributed by atoms with Crippen LogP contribution in [0.15, 0.2) is 27.4 Å². The summed E-state index contributed by atoms with van der Waals surface area (Å²) < 4.78 is 10.8. The summed E-state index contributed by atoms with van der Waals surface area (Å²) in [5.74, 6) is 0. The van der Waals surface area contributed by atoms with Crippen LogP contribution in [0.3, 0.4) is 0 Å². The summed E-state index contributed by atoms with van der Waals surface area (Å²) in [4.78, 5) is 16.7. The van der Waals surface area contributed by atoms with Gasteiger partial charge < -0.3 is 9.15 Å². The molecule has 0 amide bonds. The zero-order chi connectivity index (χ0) is 20.0. The average molecular weight is 388 g/mol. The summed E-state index contributed by atoms with van der Waals surface area (Å²) in [5.41, 5.74) is 1.48. The van der Waals surface area contributed by atoms with E-state index in [1.54, 1.807) is 0 Å². The number of hydrogen-bond acceptors (Lipinski definition) is 4. The molecule has 1 aromatic carbocycles. The predicted octanol–water partition coefficient (Wildman–Crippen LogP) is 6.83. The first-order valence-electron chi connectivity index (χ1n) is 11.3. The van der Waals surface area contributed by atoms with Gasteiger partial charge in [0.15, 0.2) is 0 Å². The van der Waals surface area contributed by atoms with Gasteiger partial charge in [0.25, 0.3) is 0 Å². The number of fused-ring (bicyclic) bond motifs is 1. The average Bonchev–Trinajstić information content (AvgIpc) is 2.70. The minimum Gasteiger partial charge on any atom is -0.450 e. The Hall–Kier alpha value is -1.84. The second kappa shape index (κ2) is 13.4. The van der Waals surface area contributed by atoms with Crippen molar-refractivity contribution in [1.29, 1.82) is 0 Å². The Morgan fingerprint density at radius 1 is 0.857 bits per heavy atom. The lowest BCUT2D eigenvalue weighted by Crippen LogP contribution is -2.07. The summed E-state index contributed by atoms with van der Waals surface area (Å²) in [7, 11) is 0. The molecule has 0 spiro atoms. The molecule has 156 valence electrons. The van der Waals surface area contributed by atoms with Crippen molar-refractivity contribution in [3.8, 4) is 6.08 Å². The fourth-order valence-electron chi connectivity index (χ4n) is 3.47. The maximum atomic E-state index is 12.3. The van der Waals surface area contributed by atoms with Crippen LogP contribution in [0.25, 0.3) is 10.9 Å². The third-order valence-electron chi connectivity index (χ3n) is 5.22. The lowest BCUT2D eigenvalue weighted by molar-refractivity contribution is 0.211. The van der Waals surface area contributed by atoms with Crippen molar-refractivity contribution in [3.05, 3.63) is 34.2 Å². The highest BCUT2D eigenvalue weighted by Crippen LogP contribution is 2.17. The first-order chi connectivity index (χ1) is 13.7. The van der Waals surface area contributed by atoms with Crippen LogP contribution in [0.2, 0.25) is 0 Å². The number of nitrogens with zero attached hydrogens (tertiary/aromatic N) is 1. The normalized spacial score (nSPS) is 11.2. The van der Waals surface area contributed by atoms with Crippen LogP contribution >= 0.6 is 0 Å². The van der Waals surface area contributed by atoms with Gasteiger partial charge in [0.05, 0.1) is 17.5 Å². The van der Waals surface area contributed by atoms with E-state index in [1.165, 1.54) is 63.4 Å². The summed E-state index contributed by atoms with van der Waals surface area (Å²) in [6.07, 6.45) is 15.9. The Balaban J connectivity index is 1.81. The Bertz CT molecular complexity index is 738. The number of aromatic nitrogens is 1. The molecule has 0 aliphatic heterocycles. The number of benzene rings is 1. The van der Waals surface area contributed by atoms with Gasteiger partial charge in [-0.05, 0) is 37.0 Å². The molecule has 0 fully saturated rings. The first kappa shape index (κ1) is 22.4. The van der Waals surface area contributed by atoms with Crippen LogP contribution in [0.5, 0.6) is 6.08 Å². The minimum atomic E-state index is -0.354. The van der Waals surface area contributed by atoms with Gasteiger partial charge in [0.2, 0.25) is 0 Å². The van der Waals surface area contributed by atoms with E-state index >= 15 is 0 Å². The minimum absolute atomic E-state index is 0.0923. The van der Waals surface area contributed by atoms with Crippen molar-refractivity contribution in [1.82, 2.24) is 4.98 Å². The van der Waals surface area contributed by atoms with Gasteiger partial charge in [-0.15, -0.1) is 0 Å². The maximum absolute atomic E-state index is 12.3. The van der Waals surface area contributed by atoms with Crippen LogP contribution < -0.4 is 10.4 Å². The van der Waals surface area contributed by atoms with Gasteiger partial charge in [-0.1, -0.05) is 84.1 Å². The quantitative estimate of drug-likeness (QED) is 0.314. The molecule has 0 unspecified atom stereocenters.